The quantitative estimate of drug-likeness (QED) is 0.0198. The van der Waals surface area contributed by atoms with Gasteiger partial charge in [-0.1, -0.05) is 176 Å². The minimum absolute atomic E-state index is 0.0167. The van der Waals surface area contributed by atoms with Crippen molar-refractivity contribution in [3.05, 3.63) is 85.1 Å². The minimum Gasteiger partial charge on any atom is -0.756 e. The number of likely N-dealkylation sites (N-methyl/N-ethyl adjacent to an activating group) is 1. The Morgan fingerprint density at radius 2 is 0.935 bits per heavy atom. The average Bonchev–Trinajstić information content (AvgIpc) is 3.23. The molecule has 0 spiro atoms. The van der Waals surface area contributed by atoms with Gasteiger partial charge in [-0.3, -0.25) is 9.36 Å². The summed E-state index contributed by atoms with van der Waals surface area (Å²) in [6.07, 6.45) is 60.3. The largest absolute Gasteiger partial charge is 0.756 e. The van der Waals surface area contributed by atoms with Crippen LogP contribution in [0.1, 0.15) is 187 Å². The molecule has 0 saturated carbocycles. The highest BCUT2D eigenvalue weighted by atomic mass is 31.2. The lowest BCUT2D eigenvalue weighted by Crippen LogP contribution is -2.37. The first-order chi connectivity index (χ1) is 30.1. The number of phosphoric ester groups is 1. The molecular weight excluding hydrogens is 794 g/mol. The van der Waals surface area contributed by atoms with Crippen LogP contribution in [0, 0.1) is 0 Å². The molecule has 0 heterocycles. The zero-order valence-electron chi connectivity index (χ0n) is 40.5. The Labute approximate surface area is 382 Å². The zero-order valence-corrected chi connectivity index (χ0v) is 41.4. The summed E-state index contributed by atoms with van der Waals surface area (Å²) in [6, 6.07) is 0. The van der Waals surface area contributed by atoms with Gasteiger partial charge < -0.3 is 27.9 Å². The number of nitrogens with zero attached hydrogens (tertiary/aromatic N) is 1. The molecule has 358 valence electrons. The maximum atomic E-state index is 12.7. The van der Waals surface area contributed by atoms with Crippen LogP contribution in [-0.2, 0) is 27.9 Å². The first-order valence-corrected chi connectivity index (χ1v) is 26.3. The van der Waals surface area contributed by atoms with Crippen molar-refractivity contribution < 1.29 is 37.3 Å². The molecule has 62 heavy (non-hydrogen) atoms. The van der Waals surface area contributed by atoms with Crippen molar-refractivity contribution in [3.8, 4) is 0 Å². The van der Waals surface area contributed by atoms with Gasteiger partial charge in [0.05, 0.1) is 34.4 Å². The molecule has 9 heteroatoms. The number of allylic oxidation sites excluding steroid dienone is 14. The first kappa shape index (κ1) is 59.7. The lowest BCUT2D eigenvalue weighted by molar-refractivity contribution is -0.870. The molecule has 0 rings (SSSR count). The first-order valence-electron chi connectivity index (χ1n) is 24.8. The lowest BCUT2D eigenvalue weighted by Gasteiger charge is -2.28. The Bertz CT molecular complexity index is 1260. The molecule has 2 atom stereocenters. The normalized spacial score (nSPS) is 14.4. The smallest absolute Gasteiger partial charge is 0.306 e. The molecule has 8 nitrogen and oxygen atoms in total. The van der Waals surface area contributed by atoms with Gasteiger partial charge in [0, 0.05) is 13.0 Å². The fourth-order valence-corrected chi connectivity index (χ4v) is 7.10. The van der Waals surface area contributed by atoms with Gasteiger partial charge in [0.25, 0.3) is 7.82 Å². The topological polar surface area (TPSA) is 94.1 Å². The molecule has 0 aromatic rings. The van der Waals surface area contributed by atoms with Crippen molar-refractivity contribution >= 4 is 13.8 Å². The second-order valence-electron chi connectivity index (χ2n) is 17.4. The molecule has 0 aliphatic rings. The Balaban J connectivity index is 4.24. The highest BCUT2D eigenvalue weighted by molar-refractivity contribution is 7.45. The van der Waals surface area contributed by atoms with Crippen LogP contribution in [0.3, 0.4) is 0 Å². The Morgan fingerprint density at radius 3 is 1.40 bits per heavy atom. The number of carbonyl (C=O) groups excluding carboxylic acids is 1. The molecule has 0 fully saturated rings. The van der Waals surface area contributed by atoms with E-state index >= 15 is 0 Å². The number of ether oxygens (including phenoxy) is 2. The van der Waals surface area contributed by atoms with E-state index < -0.39 is 13.9 Å². The summed E-state index contributed by atoms with van der Waals surface area (Å²) in [7, 11) is 1.33. The van der Waals surface area contributed by atoms with Crippen molar-refractivity contribution in [2.24, 2.45) is 0 Å². The monoisotopic (exact) mass is 888 g/mol. The third-order valence-corrected chi connectivity index (χ3v) is 11.1. The van der Waals surface area contributed by atoms with Crippen LogP contribution < -0.4 is 4.89 Å². The molecule has 0 bridgehead atoms. The molecule has 0 aliphatic carbocycles. The summed E-state index contributed by atoms with van der Waals surface area (Å²) in [5.74, 6) is -0.350. The van der Waals surface area contributed by atoms with Crippen LogP contribution >= 0.6 is 7.82 Å². The minimum atomic E-state index is -4.54. The molecule has 0 N–H and O–H groups in total. The molecular formula is C53H94NO7P. The number of quaternary nitrogens is 1. The predicted octanol–water partition coefficient (Wildman–Crippen LogP) is 14.6. The molecule has 0 aromatic carbocycles. The van der Waals surface area contributed by atoms with E-state index in [-0.39, 0.29) is 25.8 Å². The number of esters is 1. The summed E-state index contributed by atoms with van der Waals surface area (Å²) >= 11 is 0. The average molecular weight is 888 g/mol. The predicted molar refractivity (Wildman–Crippen MR) is 263 cm³/mol. The van der Waals surface area contributed by atoms with E-state index in [4.69, 9.17) is 18.5 Å². The standard InChI is InChI=1S/C53H94NO7P/c1-6-8-10-12-14-16-18-20-22-24-26-27-28-29-31-33-35-37-39-41-43-45-48-58-50-52(51-60-62(56,57)59-49-47-54(3,4)5)61-53(55)46-44-42-40-38-36-34-32-30-25-23-21-19-17-15-13-11-9-7-2/h8,10,14,16-17,19-20,22-23,25-27,29,31,52H,6-7,9,11-13,15,18,21,24,28,30,32-51H2,1-5H3/b10-8-,16-14-,19-17-,22-20-,25-23-,27-26-,31-29-. The molecule has 0 aliphatic heterocycles. The number of carbonyl (C=O) groups is 1. The van der Waals surface area contributed by atoms with Gasteiger partial charge in [-0.25, -0.2) is 0 Å². The van der Waals surface area contributed by atoms with E-state index in [0.717, 1.165) is 89.9 Å². The van der Waals surface area contributed by atoms with Crippen molar-refractivity contribution in [1.29, 1.82) is 0 Å². The fraction of sp³-hybridized carbons (Fsp3) is 0.717. The van der Waals surface area contributed by atoms with Gasteiger partial charge >= 0.3 is 5.97 Å². The van der Waals surface area contributed by atoms with E-state index in [9.17, 15) is 14.3 Å². The van der Waals surface area contributed by atoms with Gasteiger partial charge in [-0.15, -0.1) is 0 Å². The summed E-state index contributed by atoms with van der Waals surface area (Å²) in [4.78, 5) is 25.2. The molecule has 0 radical (unpaired) electrons. The van der Waals surface area contributed by atoms with E-state index in [1.54, 1.807) is 0 Å². The van der Waals surface area contributed by atoms with Crippen LogP contribution in [0.5, 0.6) is 0 Å². The molecule has 0 saturated heterocycles. The van der Waals surface area contributed by atoms with Crippen molar-refractivity contribution in [3.63, 3.8) is 0 Å². The highest BCUT2D eigenvalue weighted by Gasteiger charge is 2.20. The molecule has 2 unspecified atom stereocenters. The van der Waals surface area contributed by atoms with Gasteiger partial charge in [-0.05, 0) is 89.9 Å². The van der Waals surface area contributed by atoms with Crippen LogP contribution in [0.4, 0.5) is 0 Å². The number of hydrogen-bond donors (Lipinski definition) is 0. The van der Waals surface area contributed by atoms with Crippen molar-refractivity contribution in [2.45, 2.75) is 193 Å². The van der Waals surface area contributed by atoms with E-state index in [1.807, 2.05) is 21.1 Å². The molecule has 0 amide bonds. The van der Waals surface area contributed by atoms with E-state index in [1.165, 1.54) is 77.0 Å². The summed E-state index contributed by atoms with van der Waals surface area (Å²) in [5.41, 5.74) is 0. The Morgan fingerprint density at radius 1 is 0.516 bits per heavy atom. The Hall–Kier alpha value is -2.32. The second-order valence-corrected chi connectivity index (χ2v) is 18.8. The summed E-state index contributed by atoms with van der Waals surface area (Å²) < 4.78 is 34.7. The van der Waals surface area contributed by atoms with Gasteiger partial charge in [0.2, 0.25) is 0 Å². The molecule has 0 aromatic heterocycles. The summed E-state index contributed by atoms with van der Waals surface area (Å²) in [5, 5.41) is 0. The van der Waals surface area contributed by atoms with Gasteiger partial charge in [0.15, 0.2) is 0 Å². The van der Waals surface area contributed by atoms with E-state index in [2.05, 4.69) is 98.9 Å². The van der Waals surface area contributed by atoms with Crippen molar-refractivity contribution in [2.75, 3.05) is 54.1 Å². The third kappa shape index (κ3) is 48.7. The number of unbranched alkanes of at least 4 members (excludes halogenated alkanes) is 17. The SMILES string of the molecule is CC/C=C\C/C=C\C/C=C\C/C=C\C/C=C\CCCCCCCCOCC(COP(=O)([O-])OCC[N+](C)(C)C)OC(=O)CCCCCCCCC/C=C\C/C=C\CCCCCC. The number of rotatable bonds is 45. The fourth-order valence-electron chi connectivity index (χ4n) is 6.37. The van der Waals surface area contributed by atoms with Crippen LogP contribution in [0.2, 0.25) is 0 Å². The Kier molecular flexibility index (Phi) is 43.6. The van der Waals surface area contributed by atoms with Crippen LogP contribution in [0.25, 0.3) is 0 Å². The van der Waals surface area contributed by atoms with E-state index in [0.29, 0.717) is 24.1 Å². The number of phosphoric acid groups is 1. The third-order valence-electron chi connectivity index (χ3n) is 10.2. The summed E-state index contributed by atoms with van der Waals surface area (Å²) in [6.45, 7) is 5.22. The van der Waals surface area contributed by atoms with Crippen LogP contribution in [-0.4, -0.2) is 70.7 Å². The maximum absolute atomic E-state index is 12.7. The zero-order chi connectivity index (χ0) is 45.5. The second kappa shape index (κ2) is 45.3. The highest BCUT2D eigenvalue weighted by Crippen LogP contribution is 2.38. The number of hydrogen-bond acceptors (Lipinski definition) is 7. The lowest BCUT2D eigenvalue weighted by atomic mass is 10.1. The van der Waals surface area contributed by atoms with Gasteiger partial charge in [0.1, 0.15) is 19.3 Å². The maximum Gasteiger partial charge on any atom is 0.306 e. The van der Waals surface area contributed by atoms with Gasteiger partial charge in [-0.2, -0.15) is 0 Å². The van der Waals surface area contributed by atoms with Crippen LogP contribution in [0.15, 0.2) is 85.1 Å². The van der Waals surface area contributed by atoms with Crippen molar-refractivity contribution in [1.82, 2.24) is 0 Å².